The Morgan fingerprint density at radius 1 is 0.313 bits per heavy atom. The first-order valence-electron chi connectivity index (χ1n) is 23.1. The Labute approximate surface area is 395 Å². The van der Waals surface area contributed by atoms with Crippen LogP contribution in [0.4, 0.5) is 17.1 Å². The Kier molecular flexibility index (Phi) is 9.33. The van der Waals surface area contributed by atoms with Crippen LogP contribution in [0.25, 0.3) is 75.5 Å². The summed E-state index contributed by atoms with van der Waals surface area (Å²) in [6.07, 6.45) is 0. The van der Waals surface area contributed by atoms with Crippen LogP contribution in [-0.2, 0) is 5.41 Å². The standard InChI is InChI=1S/C65H43NS/c1-3-16-44(17-4-1)46-32-38-50(39-33-46)65(58-27-11-9-23-55(58)56-24-10-12-28-59(56)65)51-40-34-49(35-41-51)54-25-14-26-57-63-61(30-15-31-62(63)67-64(54)57)66(60-29-13-21-48-20-7-8-22-53(48)60)52-42-36-47(37-43-52)45-18-5-2-6-19-45/h1-43H. The third kappa shape index (κ3) is 6.29. The largest absolute Gasteiger partial charge is 0.309 e. The van der Waals surface area contributed by atoms with E-state index in [0.29, 0.717) is 0 Å². The maximum atomic E-state index is 2.47. The van der Waals surface area contributed by atoms with Gasteiger partial charge >= 0.3 is 0 Å². The molecule has 2 heteroatoms. The van der Waals surface area contributed by atoms with Crippen LogP contribution >= 0.6 is 11.3 Å². The number of benzene rings is 11. The maximum absolute atomic E-state index is 2.47. The third-order valence-electron chi connectivity index (χ3n) is 14.0. The van der Waals surface area contributed by atoms with Gasteiger partial charge in [0.15, 0.2) is 0 Å². The third-order valence-corrected chi connectivity index (χ3v) is 15.2. The van der Waals surface area contributed by atoms with E-state index in [-0.39, 0.29) is 0 Å². The number of anilines is 3. The summed E-state index contributed by atoms with van der Waals surface area (Å²) in [5, 5.41) is 4.96. The number of hydrogen-bond donors (Lipinski definition) is 0. The summed E-state index contributed by atoms with van der Waals surface area (Å²) < 4.78 is 2.55. The van der Waals surface area contributed by atoms with E-state index < -0.39 is 5.41 Å². The Hall–Kier alpha value is -8.30. The van der Waals surface area contributed by atoms with Crippen LogP contribution in [-0.4, -0.2) is 0 Å². The normalized spacial score (nSPS) is 12.6. The number of rotatable bonds is 8. The van der Waals surface area contributed by atoms with Gasteiger partial charge in [0, 0.05) is 31.2 Å². The second kappa shape index (κ2) is 16.0. The number of thiophene rings is 1. The van der Waals surface area contributed by atoms with Gasteiger partial charge in [0.1, 0.15) is 0 Å². The second-order valence-corrected chi connectivity index (χ2v) is 18.6. The number of fused-ring (bicyclic) bond motifs is 7. The zero-order valence-electron chi connectivity index (χ0n) is 36.7. The highest BCUT2D eigenvalue weighted by molar-refractivity contribution is 7.26. The van der Waals surface area contributed by atoms with Gasteiger partial charge in [-0.3, -0.25) is 0 Å². The molecule has 67 heavy (non-hydrogen) atoms. The van der Waals surface area contributed by atoms with Crippen LogP contribution in [0.15, 0.2) is 261 Å². The molecule has 11 aromatic carbocycles. The van der Waals surface area contributed by atoms with Gasteiger partial charge in [0.25, 0.3) is 0 Å². The lowest BCUT2D eigenvalue weighted by molar-refractivity contribution is 0.769. The Morgan fingerprint density at radius 2 is 0.776 bits per heavy atom. The predicted molar refractivity (Wildman–Crippen MR) is 285 cm³/mol. The fourth-order valence-corrected chi connectivity index (χ4v) is 12.2. The van der Waals surface area contributed by atoms with Crippen molar-refractivity contribution in [1.29, 1.82) is 0 Å². The molecule has 0 atom stereocenters. The van der Waals surface area contributed by atoms with E-state index in [1.807, 2.05) is 11.3 Å². The van der Waals surface area contributed by atoms with Crippen molar-refractivity contribution in [1.82, 2.24) is 0 Å². The molecule has 0 amide bonds. The molecule has 0 aliphatic heterocycles. The Morgan fingerprint density at radius 3 is 1.43 bits per heavy atom. The molecule has 0 bridgehead atoms. The quantitative estimate of drug-likeness (QED) is 0.147. The molecule has 1 aromatic heterocycles. The van der Waals surface area contributed by atoms with E-state index in [1.54, 1.807) is 0 Å². The molecule has 0 saturated heterocycles. The first kappa shape index (κ1) is 39.1. The van der Waals surface area contributed by atoms with Crippen molar-refractivity contribution in [3.05, 3.63) is 283 Å². The summed E-state index contributed by atoms with van der Waals surface area (Å²) in [5.41, 5.74) is 18.0. The molecule has 0 radical (unpaired) electrons. The highest BCUT2D eigenvalue weighted by Gasteiger charge is 2.45. The SMILES string of the molecule is c1ccc(-c2ccc(N(c3cccc4ccccc34)c3cccc4sc5c(-c6ccc(C7(c8ccc(-c9ccccc9)cc8)c8ccccc8-c8ccccc87)cc6)cccc5c34)cc2)cc1. The van der Waals surface area contributed by atoms with Crippen molar-refractivity contribution in [3.63, 3.8) is 0 Å². The van der Waals surface area contributed by atoms with Crippen LogP contribution in [0, 0.1) is 0 Å². The molecule has 13 rings (SSSR count). The van der Waals surface area contributed by atoms with Crippen LogP contribution in [0.3, 0.4) is 0 Å². The van der Waals surface area contributed by atoms with E-state index in [9.17, 15) is 0 Å². The summed E-state index contributed by atoms with van der Waals surface area (Å²) in [6.45, 7) is 0. The van der Waals surface area contributed by atoms with Gasteiger partial charge in [-0.25, -0.2) is 0 Å². The van der Waals surface area contributed by atoms with Crippen molar-refractivity contribution >= 4 is 59.3 Å². The van der Waals surface area contributed by atoms with E-state index in [0.717, 1.165) is 11.4 Å². The molecule has 1 heterocycles. The van der Waals surface area contributed by atoms with Gasteiger partial charge in [-0.2, -0.15) is 0 Å². The van der Waals surface area contributed by atoms with Crippen LogP contribution in [0.2, 0.25) is 0 Å². The summed E-state index contributed by atoms with van der Waals surface area (Å²) in [6, 6.07) is 96.2. The topological polar surface area (TPSA) is 3.24 Å². The van der Waals surface area contributed by atoms with Crippen LogP contribution < -0.4 is 4.90 Å². The first-order valence-corrected chi connectivity index (χ1v) is 23.9. The van der Waals surface area contributed by atoms with E-state index in [2.05, 4.69) is 266 Å². The highest BCUT2D eigenvalue weighted by Crippen LogP contribution is 2.57. The monoisotopic (exact) mass is 869 g/mol. The summed E-state index contributed by atoms with van der Waals surface area (Å²) in [5.74, 6) is 0. The van der Waals surface area contributed by atoms with Crippen molar-refractivity contribution in [2.75, 3.05) is 4.90 Å². The maximum Gasteiger partial charge on any atom is 0.0713 e. The molecule has 1 nitrogen and oxygen atoms in total. The van der Waals surface area contributed by atoms with Gasteiger partial charge in [-0.05, 0) is 102 Å². The van der Waals surface area contributed by atoms with Gasteiger partial charge in [0.2, 0.25) is 0 Å². The Bertz CT molecular complexity index is 3720. The van der Waals surface area contributed by atoms with Crippen molar-refractivity contribution in [3.8, 4) is 44.5 Å². The minimum Gasteiger partial charge on any atom is -0.309 e. The highest BCUT2D eigenvalue weighted by atomic mass is 32.1. The van der Waals surface area contributed by atoms with Gasteiger partial charge < -0.3 is 4.90 Å². The second-order valence-electron chi connectivity index (χ2n) is 17.5. The number of hydrogen-bond acceptors (Lipinski definition) is 2. The molecule has 0 unspecified atom stereocenters. The molecular formula is C65H43NS. The van der Waals surface area contributed by atoms with E-state index in [1.165, 1.54) is 103 Å². The lowest BCUT2D eigenvalue weighted by atomic mass is 9.67. The average Bonchev–Trinajstić information content (AvgIpc) is 3.94. The van der Waals surface area contributed by atoms with Crippen molar-refractivity contribution in [2.45, 2.75) is 5.41 Å². The smallest absolute Gasteiger partial charge is 0.0713 e. The van der Waals surface area contributed by atoms with Crippen molar-refractivity contribution < 1.29 is 0 Å². The van der Waals surface area contributed by atoms with Gasteiger partial charge in [-0.15, -0.1) is 11.3 Å². The molecule has 314 valence electrons. The lowest BCUT2D eigenvalue weighted by Gasteiger charge is -2.34. The van der Waals surface area contributed by atoms with Crippen LogP contribution in [0.5, 0.6) is 0 Å². The molecule has 1 aliphatic carbocycles. The molecule has 0 N–H and O–H groups in total. The molecule has 12 aromatic rings. The molecule has 0 fully saturated rings. The lowest BCUT2D eigenvalue weighted by Crippen LogP contribution is -2.28. The van der Waals surface area contributed by atoms with Crippen molar-refractivity contribution in [2.24, 2.45) is 0 Å². The summed E-state index contributed by atoms with van der Waals surface area (Å²) in [4.78, 5) is 2.47. The molecular weight excluding hydrogens is 827 g/mol. The number of nitrogens with zero attached hydrogens (tertiary/aromatic N) is 1. The zero-order valence-corrected chi connectivity index (χ0v) is 37.5. The predicted octanol–water partition coefficient (Wildman–Crippen LogP) is 18.0. The minimum absolute atomic E-state index is 0.482. The molecule has 0 saturated carbocycles. The Balaban J connectivity index is 0.959. The summed E-state index contributed by atoms with van der Waals surface area (Å²) in [7, 11) is 0. The van der Waals surface area contributed by atoms with Gasteiger partial charge in [0.05, 0.1) is 16.8 Å². The summed E-state index contributed by atoms with van der Waals surface area (Å²) >= 11 is 1.89. The van der Waals surface area contributed by atoms with Crippen LogP contribution in [0.1, 0.15) is 22.3 Å². The van der Waals surface area contributed by atoms with Gasteiger partial charge in [-0.1, -0.05) is 231 Å². The van der Waals surface area contributed by atoms with E-state index >= 15 is 0 Å². The molecule has 1 aliphatic rings. The van der Waals surface area contributed by atoms with E-state index in [4.69, 9.17) is 0 Å². The zero-order chi connectivity index (χ0) is 44.3. The average molecular weight is 870 g/mol. The minimum atomic E-state index is -0.482. The molecule has 0 spiro atoms. The fraction of sp³-hybridized carbons (Fsp3) is 0.0154. The fourth-order valence-electron chi connectivity index (χ4n) is 11.0. The first-order chi connectivity index (χ1) is 33.2.